The highest BCUT2D eigenvalue weighted by Crippen LogP contribution is 2.33. The topological polar surface area (TPSA) is 93.9 Å². The van der Waals surface area contributed by atoms with Gasteiger partial charge in [0, 0.05) is 31.3 Å². The van der Waals surface area contributed by atoms with E-state index in [1.54, 1.807) is 12.1 Å². The van der Waals surface area contributed by atoms with E-state index in [9.17, 15) is 14.9 Å². The predicted molar refractivity (Wildman–Crippen MR) is 101 cm³/mol. The van der Waals surface area contributed by atoms with E-state index in [1.807, 2.05) is 0 Å². The fourth-order valence-electron chi connectivity index (χ4n) is 3.90. The first-order chi connectivity index (χ1) is 12.9. The molecule has 2 fully saturated rings. The Kier molecular flexibility index (Phi) is 6.28. The van der Waals surface area contributed by atoms with E-state index in [0.717, 1.165) is 19.5 Å². The standard InChI is InChI=1S/C19H27N3O5/c1-13-7-14(2)11-21(10-13)17-4-3-15(8-18(17)22(24)25)19(23)20-9-16-12-26-5-6-27-16/h3-4,8,13-14,16H,5-7,9-12H2,1-2H3,(H,20,23). The molecule has 2 saturated heterocycles. The molecule has 2 aliphatic rings. The largest absolute Gasteiger partial charge is 0.376 e. The first-order valence-electron chi connectivity index (χ1n) is 9.45. The predicted octanol–water partition coefficient (Wildman–Crippen LogP) is 2.22. The first-order valence-corrected chi connectivity index (χ1v) is 9.45. The molecule has 0 aliphatic carbocycles. The van der Waals surface area contributed by atoms with E-state index >= 15 is 0 Å². The zero-order chi connectivity index (χ0) is 19.4. The van der Waals surface area contributed by atoms with Crippen molar-refractivity contribution in [1.82, 2.24) is 5.32 Å². The van der Waals surface area contributed by atoms with Crippen LogP contribution in [0.15, 0.2) is 18.2 Å². The molecule has 0 bridgehead atoms. The molecule has 148 valence electrons. The molecule has 0 saturated carbocycles. The van der Waals surface area contributed by atoms with Gasteiger partial charge >= 0.3 is 0 Å². The summed E-state index contributed by atoms with van der Waals surface area (Å²) in [6.07, 6.45) is 0.936. The lowest BCUT2D eigenvalue weighted by atomic mass is 9.91. The number of anilines is 1. The summed E-state index contributed by atoms with van der Waals surface area (Å²) in [6.45, 7) is 7.71. The van der Waals surface area contributed by atoms with Gasteiger partial charge in [-0.25, -0.2) is 0 Å². The Morgan fingerprint density at radius 3 is 2.67 bits per heavy atom. The number of piperidine rings is 1. The number of amides is 1. The second-order valence-electron chi connectivity index (χ2n) is 7.59. The minimum absolute atomic E-state index is 0.0267. The SMILES string of the molecule is CC1CC(C)CN(c2ccc(C(=O)NCC3COCCO3)cc2[N+](=O)[O-])C1. The maximum absolute atomic E-state index is 12.4. The molecule has 1 aromatic rings. The quantitative estimate of drug-likeness (QED) is 0.625. The Labute approximate surface area is 159 Å². The summed E-state index contributed by atoms with van der Waals surface area (Å²) < 4.78 is 10.8. The zero-order valence-electron chi connectivity index (χ0n) is 15.8. The van der Waals surface area contributed by atoms with Gasteiger partial charge in [-0.15, -0.1) is 0 Å². The third kappa shape index (κ3) is 4.95. The fourth-order valence-corrected chi connectivity index (χ4v) is 3.90. The lowest BCUT2D eigenvalue weighted by molar-refractivity contribution is -0.384. The molecular formula is C19H27N3O5. The van der Waals surface area contributed by atoms with Crippen LogP contribution in [0.25, 0.3) is 0 Å². The van der Waals surface area contributed by atoms with Crippen molar-refractivity contribution in [2.75, 3.05) is 44.4 Å². The smallest absolute Gasteiger partial charge is 0.293 e. The van der Waals surface area contributed by atoms with Crippen LogP contribution in [0.4, 0.5) is 11.4 Å². The number of nitro groups is 1. The van der Waals surface area contributed by atoms with Gasteiger partial charge in [-0.05, 0) is 30.4 Å². The maximum atomic E-state index is 12.4. The van der Waals surface area contributed by atoms with Gasteiger partial charge in [0.1, 0.15) is 5.69 Å². The lowest BCUT2D eigenvalue weighted by Gasteiger charge is -2.36. The van der Waals surface area contributed by atoms with E-state index in [-0.39, 0.29) is 23.3 Å². The molecule has 3 unspecified atom stereocenters. The fraction of sp³-hybridized carbons (Fsp3) is 0.632. The zero-order valence-corrected chi connectivity index (χ0v) is 15.8. The molecule has 8 nitrogen and oxygen atoms in total. The molecule has 0 aromatic heterocycles. The monoisotopic (exact) mass is 377 g/mol. The van der Waals surface area contributed by atoms with Gasteiger partial charge in [-0.1, -0.05) is 13.8 Å². The van der Waals surface area contributed by atoms with E-state index in [1.165, 1.54) is 6.07 Å². The minimum Gasteiger partial charge on any atom is -0.376 e. The van der Waals surface area contributed by atoms with Crippen LogP contribution in [0.1, 0.15) is 30.6 Å². The summed E-state index contributed by atoms with van der Waals surface area (Å²) in [5.41, 5.74) is 0.834. The average molecular weight is 377 g/mol. The first kappa shape index (κ1) is 19.6. The van der Waals surface area contributed by atoms with Gasteiger partial charge in [0.05, 0.1) is 30.8 Å². The molecule has 0 radical (unpaired) electrons. The maximum Gasteiger partial charge on any atom is 0.293 e. The van der Waals surface area contributed by atoms with Gasteiger partial charge in [0.25, 0.3) is 11.6 Å². The second kappa shape index (κ2) is 8.67. The van der Waals surface area contributed by atoms with Crippen LogP contribution in [0.5, 0.6) is 0 Å². The molecule has 1 amide bonds. The summed E-state index contributed by atoms with van der Waals surface area (Å²) in [6, 6.07) is 4.71. The highest BCUT2D eigenvalue weighted by atomic mass is 16.6. The number of hydrogen-bond acceptors (Lipinski definition) is 6. The number of benzene rings is 1. The van der Waals surface area contributed by atoms with Gasteiger partial charge in [-0.2, -0.15) is 0 Å². The molecule has 8 heteroatoms. The van der Waals surface area contributed by atoms with Crippen LogP contribution in [-0.2, 0) is 9.47 Å². The molecule has 1 aromatic carbocycles. The Bertz CT molecular complexity index is 680. The van der Waals surface area contributed by atoms with Crippen molar-refractivity contribution in [1.29, 1.82) is 0 Å². The van der Waals surface area contributed by atoms with Crippen molar-refractivity contribution < 1.29 is 19.2 Å². The third-order valence-corrected chi connectivity index (χ3v) is 5.02. The van der Waals surface area contributed by atoms with E-state index in [0.29, 0.717) is 43.9 Å². The van der Waals surface area contributed by atoms with Crippen LogP contribution in [0.2, 0.25) is 0 Å². The molecule has 0 spiro atoms. The number of carbonyl (C=O) groups excluding carboxylic acids is 1. The normalized spacial score (nSPS) is 25.9. The van der Waals surface area contributed by atoms with E-state index in [2.05, 4.69) is 24.1 Å². The molecule has 3 rings (SSSR count). The van der Waals surface area contributed by atoms with Gasteiger partial charge in [-0.3, -0.25) is 14.9 Å². The Morgan fingerprint density at radius 1 is 1.30 bits per heavy atom. The number of nitro benzene ring substituents is 1. The molecule has 2 heterocycles. The minimum atomic E-state index is -0.409. The Hall–Kier alpha value is -2.19. The van der Waals surface area contributed by atoms with Crippen molar-refractivity contribution in [3.63, 3.8) is 0 Å². The van der Waals surface area contributed by atoms with Gasteiger partial charge in [0.15, 0.2) is 0 Å². The summed E-state index contributed by atoms with van der Waals surface area (Å²) in [4.78, 5) is 25.7. The van der Waals surface area contributed by atoms with Crippen molar-refractivity contribution >= 4 is 17.3 Å². The highest BCUT2D eigenvalue weighted by molar-refractivity contribution is 5.95. The molecule has 1 N–H and O–H groups in total. The second-order valence-corrected chi connectivity index (χ2v) is 7.59. The third-order valence-electron chi connectivity index (χ3n) is 5.02. The van der Waals surface area contributed by atoms with Gasteiger partial charge in [0.2, 0.25) is 0 Å². The summed E-state index contributed by atoms with van der Waals surface area (Å²) >= 11 is 0. The van der Waals surface area contributed by atoms with Crippen molar-refractivity contribution in [3.8, 4) is 0 Å². The van der Waals surface area contributed by atoms with Crippen LogP contribution in [0.3, 0.4) is 0 Å². The molecule has 27 heavy (non-hydrogen) atoms. The number of rotatable bonds is 5. The van der Waals surface area contributed by atoms with Crippen LogP contribution < -0.4 is 10.2 Å². The van der Waals surface area contributed by atoms with Gasteiger partial charge < -0.3 is 19.7 Å². The van der Waals surface area contributed by atoms with Crippen LogP contribution in [-0.4, -0.2) is 56.4 Å². The van der Waals surface area contributed by atoms with E-state index in [4.69, 9.17) is 9.47 Å². The number of nitrogens with zero attached hydrogens (tertiary/aromatic N) is 2. The lowest BCUT2D eigenvalue weighted by Crippen LogP contribution is -2.40. The summed E-state index contributed by atoms with van der Waals surface area (Å²) in [5, 5.41) is 14.4. The Morgan fingerprint density at radius 2 is 2.04 bits per heavy atom. The Balaban J connectivity index is 1.72. The number of ether oxygens (including phenoxy) is 2. The molecule has 2 aliphatic heterocycles. The number of hydrogen-bond donors (Lipinski definition) is 1. The molecule has 3 atom stereocenters. The van der Waals surface area contributed by atoms with Crippen molar-refractivity contribution in [2.45, 2.75) is 26.4 Å². The average Bonchev–Trinajstić information content (AvgIpc) is 2.65. The van der Waals surface area contributed by atoms with E-state index < -0.39 is 4.92 Å². The van der Waals surface area contributed by atoms with Crippen LogP contribution >= 0.6 is 0 Å². The summed E-state index contributed by atoms with van der Waals surface area (Å²) in [7, 11) is 0. The van der Waals surface area contributed by atoms with Crippen molar-refractivity contribution in [3.05, 3.63) is 33.9 Å². The van der Waals surface area contributed by atoms with Crippen LogP contribution in [0, 0.1) is 22.0 Å². The summed E-state index contributed by atoms with van der Waals surface area (Å²) in [5.74, 6) is 0.613. The molecular weight excluding hydrogens is 350 g/mol. The highest BCUT2D eigenvalue weighted by Gasteiger charge is 2.28. The number of carbonyl (C=O) groups is 1. The van der Waals surface area contributed by atoms with Crippen molar-refractivity contribution in [2.24, 2.45) is 11.8 Å². The number of nitrogens with one attached hydrogen (secondary N) is 1.